The molecule has 2 unspecified atom stereocenters. The largest absolute Gasteiger partial charge is 0.379 e. The molecule has 0 bridgehead atoms. The van der Waals surface area contributed by atoms with Gasteiger partial charge in [-0.2, -0.15) is 0 Å². The highest BCUT2D eigenvalue weighted by molar-refractivity contribution is 7.16. The van der Waals surface area contributed by atoms with Crippen molar-refractivity contribution in [3.63, 3.8) is 0 Å². The zero-order chi connectivity index (χ0) is 13.7. The Hall–Kier alpha value is -0.0900. The lowest BCUT2D eigenvalue weighted by Gasteiger charge is -2.35. The number of hydrogen-bond acceptors (Lipinski definition) is 3. The van der Waals surface area contributed by atoms with E-state index < -0.39 is 0 Å². The van der Waals surface area contributed by atoms with E-state index in [1.54, 1.807) is 11.3 Å². The van der Waals surface area contributed by atoms with E-state index in [1.807, 2.05) is 13.2 Å². The molecule has 1 aliphatic carbocycles. The maximum Gasteiger partial charge on any atom is 0.0931 e. The minimum Gasteiger partial charge on any atom is -0.379 e. The third-order valence-corrected chi connectivity index (χ3v) is 5.35. The van der Waals surface area contributed by atoms with E-state index in [0.717, 1.165) is 10.9 Å². The smallest absolute Gasteiger partial charge is 0.0931 e. The number of thiophene rings is 1. The van der Waals surface area contributed by atoms with E-state index in [0.29, 0.717) is 5.92 Å². The van der Waals surface area contributed by atoms with Crippen molar-refractivity contribution in [3.8, 4) is 0 Å². The Labute approximate surface area is 125 Å². The molecule has 1 fully saturated rings. The molecule has 1 heterocycles. The number of hydrogen-bond donors (Lipinski definition) is 1. The lowest BCUT2D eigenvalue weighted by molar-refractivity contribution is 0.00880. The molecule has 19 heavy (non-hydrogen) atoms. The minimum atomic E-state index is 0.259. The average molecular weight is 302 g/mol. The highest BCUT2D eigenvalue weighted by Crippen LogP contribution is 2.37. The van der Waals surface area contributed by atoms with Crippen molar-refractivity contribution in [2.24, 2.45) is 5.92 Å². The molecule has 0 amide bonds. The number of halogens is 1. The van der Waals surface area contributed by atoms with Crippen molar-refractivity contribution in [2.45, 2.75) is 51.2 Å². The van der Waals surface area contributed by atoms with Crippen molar-refractivity contribution in [1.82, 2.24) is 5.32 Å². The van der Waals surface area contributed by atoms with E-state index in [9.17, 15) is 0 Å². The molecule has 2 rings (SSSR count). The van der Waals surface area contributed by atoms with Gasteiger partial charge in [0.15, 0.2) is 0 Å². The van der Waals surface area contributed by atoms with E-state index in [2.05, 4.69) is 18.3 Å². The standard InChI is InChI=1S/C15H24ClNOS/c1-3-17-14(12-9-10-13(16)19-12)15(18-2)11-7-5-4-6-8-11/h9-11,14-15,17H,3-8H2,1-2H3. The van der Waals surface area contributed by atoms with Crippen LogP contribution in [0.15, 0.2) is 12.1 Å². The maximum atomic E-state index is 6.09. The number of rotatable bonds is 6. The normalized spacial score (nSPS) is 20.4. The van der Waals surface area contributed by atoms with Gasteiger partial charge >= 0.3 is 0 Å². The van der Waals surface area contributed by atoms with Gasteiger partial charge in [0.25, 0.3) is 0 Å². The van der Waals surface area contributed by atoms with Gasteiger partial charge < -0.3 is 10.1 Å². The van der Waals surface area contributed by atoms with Gasteiger partial charge in [-0.1, -0.05) is 37.8 Å². The van der Waals surface area contributed by atoms with Crippen LogP contribution in [-0.4, -0.2) is 19.8 Å². The molecule has 4 heteroatoms. The lowest BCUT2D eigenvalue weighted by atomic mass is 9.82. The molecule has 1 saturated carbocycles. The highest BCUT2D eigenvalue weighted by Gasteiger charge is 2.31. The van der Waals surface area contributed by atoms with Gasteiger partial charge in [0.05, 0.1) is 16.5 Å². The molecular formula is C15H24ClNOS. The fourth-order valence-electron chi connectivity index (χ4n) is 3.16. The summed E-state index contributed by atoms with van der Waals surface area (Å²) in [5.41, 5.74) is 0. The van der Waals surface area contributed by atoms with Crippen LogP contribution in [0.25, 0.3) is 0 Å². The van der Waals surface area contributed by atoms with Gasteiger partial charge in [-0.25, -0.2) is 0 Å². The van der Waals surface area contributed by atoms with E-state index in [4.69, 9.17) is 16.3 Å². The zero-order valence-electron chi connectivity index (χ0n) is 11.8. The summed E-state index contributed by atoms with van der Waals surface area (Å²) in [7, 11) is 1.85. The van der Waals surface area contributed by atoms with Crippen molar-refractivity contribution in [3.05, 3.63) is 21.3 Å². The summed E-state index contributed by atoms with van der Waals surface area (Å²) in [5, 5.41) is 3.59. The molecule has 0 radical (unpaired) electrons. The molecule has 0 saturated heterocycles. The van der Waals surface area contributed by atoms with Crippen LogP contribution in [0.2, 0.25) is 4.34 Å². The van der Waals surface area contributed by atoms with Gasteiger partial charge in [-0.15, -0.1) is 11.3 Å². The first-order valence-electron chi connectivity index (χ1n) is 7.27. The van der Waals surface area contributed by atoms with Crippen LogP contribution in [-0.2, 0) is 4.74 Å². The second kappa shape index (κ2) is 7.63. The molecule has 108 valence electrons. The summed E-state index contributed by atoms with van der Waals surface area (Å²) in [4.78, 5) is 1.30. The Bertz CT molecular complexity index is 376. The van der Waals surface area contributed by atoms with E-state index in [-0.39, 0.29) is 12.1 Å². The fraction of sp³-hybridized carbons (Fsp3) is 0.733. The van der Waals surface area contributed by atoms with Gasteiger partial charge in [0.1, 0.15) is 0 Å². The van der Waals surface area contributed by atoms with Gasteiger partial charge in [0, 0.05) is 12.0 Å². The maximum absolute atomic E-state index is 6.09. The van der Waals surface area contributed by atoms with Crippen LogP contribution in [0, 0.1) is 5.92 Å². The first-order valence-corrected chi connectivity index (χ1v) is 8.47. The molecule has 2 atom stereocenters. The monoisotopic (exact) mass is 301 g/mol. The third kappa shape index (κ3) is 3.94. The molecule has 0 spiro atoms. The Kier molecular flexibility index (Phi) is 6.14. The predicted molar refractivity (Wildman–Crippen MR) is 83.1 cm³/mol. The Balaban J connectivity index is 2.14. The lowest BCUT2D eigenvalue weighted by Crippen LogP contribution is -2.38. The molecule has 1 aliphatic rings. The van der Waals surface area contributed by atoms with Crippen LogP contribution in [0.5, 0.6) is 0 Å². The summed E-state index contributed by atoms with van der Waals surface area (Å²) < 4.78 is 6.73. The van der Waals surface area contributed by atoms with Crippen molar-refractivity contribution < 1.29 is 4.74 Å². The number of likely N-dealkylation sites (N-methyl/N-ethyl adjacent to an activating group) is 1. The SMILES string of the molecule is CCNC(c1ccc(Cl)s1)C(OC)C1CCCCC1. The van der Waals surface area contributed by atoms with Crippen LogP contribution >= 0.6 is 22.9 Å². The summed E-state index contributed by atoms with van der Waals surface area (Å²) in [6.45, 7) is 3.10. The second-order valence-corrected chi connectivity index (χ2v) is 7.02. The molecule has 1 aromatic rings. The molecule has 0 aromatic carbocycles. The number of nitrogens with one attached hydrogen (secondary N) is 1. The first-order chi connectivity index (χ1) is 9.26. The first kappa shape index (κ1) is 15.3. The molecule has 0 aliphatic heterocycles. The van der Waals surface area contributed by atoms with Crippen LogP contribution in [0.4, 0.5) is 0 Å². The third-order valence-electron chi connectivity index (χ3n) is 4.04. The van der Waals surface area contributed by atoms with E-state index in [1.165, 1.54) is 37.0 Å². The molecule has 1 N–H and O–H groups in total. The van der Waals surface area contributed by atoms with Gasteiger partial charge in [-0.3, -0.25) is 0 Å². The zero-order valence-corrected chi connectivity index (χ0v) is 13.4. The van der Waals surface area contributed by atoms with Crippen molar-refractivity contribution in [2.75, 3.05) is 13.7 Å². The summed E-state index contributed by atoms with van der Waals surface area (Å²) in [5.74, 6) is 0.670. The summed E-state index contributed by atoms with van der Waals surface area (Å²) in [6, 6.07) is 4.39. The minimum absolute atomic E-state index is 0.259. The number of ether oxygens (including phenoxy) is 1. The topological polar surface area (TPSA) is 21.3 Å². The molecule has 1 aromatic heterocycles. The van der Waals surface area contributed by atoms with Crippen molar-refractivity contribution in [1.29, 1.82) is 0 Å². The number of methoxy groups -OCH3 is 1. The van der Waals surface area contributed by atoms with Gasteiger partial charge in [0.2, 0.25) is 0 Å². The van der Waals surface area contributed by atoms with Crippen LogP contribution in [0.3, 0.4) is 0 Å². The second-order valence-electron chi connectivity index (χ2n) is 5.28. The Morgan fingerprint density at radius 3 is 2.63 bits per heavy atom. The highest BCUT2D eigenvalue weighted by atomic mass is 35.5. The summed E-state index contributed by atoms with van der Waals surface area (Å²) in [6.07, 6.45) is 6.90. The van der Waals surface area contributed by atoms with Crippen LogP contribution < -0.4 is 5.32 Å². The Morgan fingerprint density at radius 2 is 2.11 bits per heavy atom. The Morgan fingerprint density at radius 1 is 1.37 bits per heavy atom. The fourth-order valence-corrected chi connectivity index (χ4v) is 4.33. The van der Waals surface area contributed by atoms with Gasteiger partial charge in [-0.05, 0) is 37.4 Å². The predicted octanol–water partition coefficient (Wildman–Crippen LogP) is 4.65. The molecule has 2 nitrogen and oxygen atoms in total. The average Bonchev–Trinajstić information content (AvgIpc) is 2.86. The van der Waals surface area contributed by atoms with E-state index >= 15 is 0 Å². The van der Waals surface area contributed by atoms with Crippen LogP contribution in [0.1, 0.15) is 49.9 Å². The van der Waals surface area contributed by atoms with Crippen molar-refractivity contribution >= 4 is 22.9 Å². The summed E-state index contributed by atoms with van der Waals surface area (Å²) >= 11 is 7.75. The molecular weight excluding hydrogens is 278 g/mol. The quantitative estimate of drug-likeness (QED) is 0.826.